The Morgan fingerprint density at radius 2 is 2.00 bits per heavy atom. The molecule has 14 heavy (non-hydrogen) atoms. The van der Waals surface area contributed by atoms with Crippen LogP contribution in [0.5, 0.6) is 0 Å². The van der Waals surface area contributed by atoms with Crippen LogP contribution in [0.1, 0.15) is 5.56 Å². The maximum Gasteiger partial charge on any atom is 0.0891 e. The maximum atomic E-state index is 4.44. The summed E-state index contributed by atoms with van der Waals surface area (Å²) in [6.45, 7) is 2.14. The number of aryl methyl sites for hydroxylation is 1. The lowest BCUT2D eigenvalue weighted by Crippen LogP contribution is -1.75. The fourth-order valence-electron chi connectivity index (χ4n) is 1.73. The average Bonchev–Trinajstić information content (AvgIpc) is 2.59. The van der Waals surface area contributed by atoms with Crippen LogP contribution in [0, 0.1) is 6.92 Å². The molecule has 68 valence electrons. The van der Waals surface area contributed by atoms with Gasteiger partial charge in [-0.1, -0.05) is 18.2 Å². The molecule has 0 unspecified atom stereocenters. The van der Waals surface area contributed by atoms with Gasteiger partial charge in [0.05, 0.1) is 10.2 Å². The summed E-state index contributed by atoms with van der Waals surface area (Å²) in [5.74, 6) is 0. The van der Waals surface area contributed by atoms with Gasteiger partial charge >= 0.3 is 0 Å². The number of pyridine rings is 1. The van der Waals surface area contributed by atoms with Crippen molar-refractivity contribution in [3.8, 4) is 0 Å². The number of nitrogens with zero attached hydrogens (tertiary/aromatic N) is 1. The summed E-state index contributed by atoms with van der Waals surface area (Å²) in [5, 5.41) is 1.27. The van der Waals surface area contributed by atoms with Crippen molar-refractivity contribution < 1.29 is 0 Å². The third-order valence-corrected chi connectivity index (χ3v) is 3.75. The zero-order chi connectivity index (χ0) is 9.54. The lowest BCUT2D eigenvalue weighted by Gasteiger charge is -1.92. The minimum atomic E-state index is 1.14. The van der Waals surface area contributed by atoms with E-state index in [0.29, 0.717) is 0 Å². The molecule has 1 nitrogen and oxygen atoms in total. The van der Waals surface area contributed by atoms with E-state index >= 15 is 0 Å². The largest absolute Gasteiger partial charge is 0.255 e. The molecule has 3 aromatic rings. The third kappa shape index (κ3) is 0.976. The van der Waals surface area contributed by atoms with E-state index in [1.165, 1.54) is 20.3 Å². The fourth-order valence-corrected chi connectivity index (χ4v) is 2.86. The number of fused-ring (bicyclic) bond motifs is 3. The molecule has 0 saturated carbocycles. The lowest BCUT2D eigenvalue weighted by atomic mass is 10.2. The van der Waals surface area contributed by atoms with E-state index in [2.05, 4.69) is 42.2 Å². The molecule has 0 atom stereocenters. The normalized spacial score (nSPS) is 11.2. The van der Waals surface area contributed by atoms with Gasteiger partial charge < -0.3 is 0 Å². The Bertz CT molecular complexity index is 610. The lowest BCUT2D eigenvalue weighted by molar-refractivity contribution is 1.39. The molecule has 0 spiro atoms. The SMILES string of the molecule is Cc1ccnc2c1sc1ccccc12. The second-order valence-corrected chi connectivity index (χ2v) is 4.46. The van der Waals surface area contributed by atoms with Crippen molar-refractivity contribution >= 4 is 31.6 Å². The van der Waals surface area contributed by atoms with Crippen LogP contribution in [-0.4, -0.2) is 4.98 Å². The number of aromatic nitrogens is 1. The van der Waals surface area contributed by atoms with Crippen LogP contribution in [-0.2, 0) is 0 Å². The molecule has 0 radical (unpaired) electrons. The Kier molecular flexibility index (Phi) is 1.58. The topological polar surface area (TPSA) is 12.9 Å². The van der Waals surface area contributed by atoms with Gasteiger partial charge in [0.2, 0.25) is 0 Å². The Morgan fingerprint density at radius 1 is 1.14 bits per heavy atom. The van der Waals surface area contributed by atoms with E-state index in [4.69, 9.17) is 0 Å². The zero-order valence-electron chi connectivity index (χ0n) is 7.82. The molecule has 0 bridgehead atoms. The second-order valence-electron chi connectivity index (χ2n) is 3.40. The minimum Gasteiger partial charge on any atom is -0.255 e. The molecule has 2 aromatic heterocycles. The average molecular weight is 199 g/mol. The van der Waals surface area contributed by atoms with Crippen LogP contribution < -0.4 is 0 Å². The first-order valence-corrected chi connectivity index (χ1v) is 5.41. The van der Waals surface area contributed by atoms with Crippen molar-refractivity contribution in [1.82, 2.24) is 4.98 Å². The number of hydrogen-bond acceptors (Lipinski definition) is 2. The predicted octanol–water partition coefficient (Wildman–Crippen LogP) is 3.76. The minimum absolute atomic E-state index is 1.14. The molecular formula is C12H9NS. The van der Waals surface area contributed by atoms with Gasteiger partial charge in [0.1, 0.15) is 0 Å². The Balaban J connectivity index is 2.63. The molecule has 2 heterocycles. The highest BCUT2D eigenvalue weighted by Crippen LogP contribution is 2.33. The number of rotatable bonds is 0. The van der Waals surface area contributed by atoms with E-state index in [9.17, 15) is 0 Å². The van der Waals surface area contributed by atoms with Crippen LogP contribution >= 0.6 is 11.3 Å². The van der Waals surface area contributed by atoms with Gasteiger partial charge in [-0.25, -0.2) is 0 Å². The van der Waals surface area contributed by atoms with Gasteiger partial charge in [-0.15, -0.1) is 11.3 Å². The summed E-state index contributed by atoms with van der Waals surface area (Å²) in [4.78, 5) is 4.44. The van der Waals surface area contributed by atoms with Crippen molar-refractivity contribution in [3.05, 3.63) is 42.1 Å². The second kappa shape index (κ2) is 2.79. The van der Waals surface area contributed by atoms with E-state index in [1.54, 1.807) is 0 Å². The summed E-state index contributed by atoms with van der Waals surface area (Å²) in [6, 6.07) is 10.5. The molecule has 1 aromatic carbocycles. The van der Waals surface area contributed by atoms with Crippen molar-refractivity contribution in [3.63, 3.8) is 0 Å². The standard InChI is InChI=1S/C12H9NS/c1-8-6-7-13-11-9-4-2-3-5-10(9)14-12(8)11/h2-7H,1H3. The van der Waals surface area contributed by atoms with Crippen molar-refractivity contribution in [1.29, 1.82) is 0 Å². The van der Waals surface area contributed by atoms with Crippen molar-refractivity contribution in [2.75, 3.05) is 0 Å². The molecule has 0 aliphatic heterocycles. The summed E-state index contributed by atoms with van der Waals surface area (Å²) in [6.07, 6.45) is 1.89. The third-order valence-electron chi connectivity index (χ3n) is 2.46. The first kappa shape index (κ1) is 7.94. The highest BCUT2D eigenvalue weighted by Gasteiger charge is 2.06. The predicted molar refractivity (Wildman–Crippen MR) is 61.9 cm³/mol. The summed E-state index contributed by atoms with van der Waals surface area (Å²) in [7, 11) is 0. The number of thiophene rings is 1. The smallest absolute Gasteiger partial charge is 0.0891 e. The van der Waals surface area contributed by atoms with Gasteiger partial charge in [0, 0.05) is 16.3 Å². The molecular weight excluding hydrogens is 190 g/mol. The van der Waals surface area contributed by atoms with Crippen LogP contribution in [0.15, 0.2) is 36.5 Å². The Morgan fingerprint density at radius 3 is 2.93 bits per heavy atom. The Labute approximate surface area is 86.0 Å². The van der Waals surface area contributed by atoms with Gasteiger partial charge in [-0.2, -0.15) is 0 Å². The molecule has 0 fully saturated rings. The Hall–Kier alpha value is -1.41. The van der Waals surface area contributed by atoms with Gasteiger partial charge in [-0.3, -0.25) is 4.98 Å². The maximum absolute atomic E-state index is 4.44. The summed E-state index contributed by atoms with van der Waals surface area (Å²) in [5.41, 5.74) is 2.46. The molecule has 0 N–H and O–H groups in total. The molecule has 0 aliphatic rings. The summed E-state index contributed by atoms with van der Waals surface area (Å²) < 4.78 is 2.64. The summed E-state index contributed by atoms with van der Waals surface area (Å²) >= 11 is 1.83. The van der Waals surface area contributed by atoms with Crippen LogP contribution in [0.2, 0.25) is 0 Å². The first-order valence-electron chi connectivity index (χ1n) is 4.59. The van der Waals surface area contributed by atoms with Crippen LogP contribution in [0.4, 0.5) is 0 Å². The van der Waals surface area contributed by atoms with Crippen LogP contribution in [0.25, 0.3) is 20.3 Å². The fraction of sp³-hybridized carbons (Fsp3) is 0.0833. The zero-order valence-corrected chi connectivity index (χ0v) is 8.64. The number of hydrogen-bond donors (Lipinski definition) is 0. The molecule has 0 amide bonds. The van der Waals surface area contributed by atoms with E-state index < -0.39 is 0 Å². The van der Waals surface area contributed by atoms with Gasteiger partial charge in [0.15, 0.2) is 0 Å². The van der Waals surface area contributed by atoms with E-state index in [1.807, 2.05) is 17.5 Å². The van der Waals surface area contributed by atoms with E-state index in [0.717, 1.165) is 5.52 Å². The molecule has 2 heteroatoms. The van der Waals surface area contributed by atoms with Gasteiger partial charge in [-0.05, 0) is 24.6 Å². The highest BCUT2D eigenvalue weighted by atomic mass is 32.1. The highest BCUT2D eigenvalue weighted by molar-refractivity contribution is 7.25. The van der Waals surface area contributed by atoms with E-state index in [-0.39, 0.29) is 0 Å². The van der Waals surface area contributed by atoms with Crippen molar-refractivity contribution in [2.45, 2.75) is 6.92 Å². The number of benzene rings is 1. The quantitative estimate of drug-likeness (QED) is 0.537. The first-order chi connectivity index (χ1) is 6.86. The monoisotopic (exact) mass is 199 g/mol. The van der Waals surface area contributed by atoms with Crippen LogP contribution in [0.3, 0.4) is 0 Å². The van der Waals surface area contributed by atoms with Crippen molar-refractivity contribution in [2.24, 2.45) is 0 Å². The molecule has 3 rings (SSSR count). The van der Waals surface area contributed by atoms with Gasteiger partial charge in [0.25, 0.3) is 0 Å². The molecule has 0 saturated heterocycles. The molecule has 0 aliphatic carbocycles.